The molecule has 1 rings (SSSR count). The summed E-state index contributed by atoms with van der Waals surface area (Å²) >= 11 is 7.89. The highest BCUT2D eigenvalue weighted by atomic mass is 127. The lowest BCUT2D eigenvalue weighted by Gasteiger charge is -2.01. The molecule has 10 heavy (non-hydrogen) atoms. The molecule has 0 saturated carbocycles. The summed E-state index contributed by atoms with van der Waals surface area (Å²) in [5.74, 6) is 0. The molecule has 54 valence electrons. The van der Waals surface area contributed by atoms with E-state index in [1.807, 2.05) is 25.1 Å². The molecule has 1 aromatic rings. The molecule has 3 heteroatoms. The molecule has 0 unspecified atom stereocenters. The molecule has 0 aromatic heterocycles. The molecule has 0 fully saturated rings. The van der Waals surface area contributed by atoms with E-state index in [1.54, 1.807) is 0 Å². The molecule has 0 heterocycles. The van der Waals surface area contributed by atoms with E-state index in [9.17, 15) is 0 Å². The van der Waals surface area contributed by atoms with Gasteiger partial charge in [-0.15, -0.1) is 0 Å². The third-order valence-corrected chi connectivity index (χ3v) is 2.13. The van der Waals surface area contributed by atoms with Crippen molar-refractivity contribution in [3.63, 3.8) is 0 Å². The third-order valence-electron chi connectivity index (χ3n) is 1.22. The molecular weight excluding hydrogens is 260 g/mol. The van der Waals surface area contributed by atoms with Crippen LogP contribution in [-0.4, -0.2) is 0 Å². The highest BCUT2D eigenvalue weighted by molar-refractivity contribution is 14.1. The number of hydrogen-bond acceptors (Lipinski definition) is 1. The zero-order valence-corrected chi connectivity index (χ0v) is 8.40. The molecular formula is C7H7ClIN. The fraction of sp³-hybridized carbons (Fsp3) is 0.143. The maximum Gasteiger partial charge on any atom is 0.0644 e. The molecule has 0 radical (unpaired) electrons. The minimum absolute atomic E-state index is 0.764. The Hall–Kier alpha value is 0.0400. The van der Waals surface area contributed by atoms with Crippen LogP contribution in [0.4, 0.5) is 5.69 Å². The van der Waals surface area contributed by atoms with Gasteiger partial charge in [-0.1, -0.05) is 17.7 Å². The minimum Gasteiger partial charge on any atom is -0.327 e. The van der Waals surface area contributed by atoms with E-state index in [-0.39, 0.29) is 0 Å². The van der Waals surface area contributed by atoms with Crippen LogP contribution in [0.1, 0.15) is 5.56 Å². The fourth-order valence-electron chi connectivity index (χ4n) is 0.712. The largest absolute Gasteiger partial charge is 0.327 e. The first-order valence-corrected chi connectivity index (χ1v) is 4.32. The summed E-state index contributed by atoms with van der Waals surface area (Å²) in [4.78, 5) is 0. The lowest BCUT2D eigenvalue weighted by Crippen LogP contribution is -1.81. The maximum atomic E-state index is 5.83. The van der Waals surface area contributed by atoms with Crippen LogP contribution in [-0.2, 0) is 0 Å². The lowest BCUT2D eigenvalue weighted by molar-refractivity contribution is 1.48. The Labute approximate surface area is 79.3 Å². The molecule has 0 aliphatic rings. The number of nitrogens with one attached hydrogen (secondary N) is 1. The summed E-state index contributed by atoms with van der Waals surface area (Å²) in [7, 11) is 0. The summed E-state index contributed by atoms with van der Waals surface area (Å²) < 4.78 is 2.97. The Bertz CT molecular complexity index is 237. The van der Waals surface area contributed by atoms with Crippen LogP contribution in [0.2, 0.25) is 5.02 Å². The third kappa shape index (κ3) is 1.76. The van der Waals surface area contributed by atoms with E-state index < -0.39 is 0 Å². The van der Waals surface area contributed by atoms with Gasteiger partial charge in [-0.05, 0) is 24.6 Å². The molecule has 0 aliphatic carbocycles. The molecule has 0 atom stereocenters. The van der Waals surface area contributed by atoms with Crippen LogP contribution < -0.4 is 3.53 Å². The van der Waals surface area contributed by atoms with Crippen molar-refractivity contribution in [2.45, 2.75) is 6.92 Å². The van der Waals surface area contributed by atoms with E-state index in [0.29, 0.717) is 0 Å². The van der Waals surface area contributed by atoms with Gasteiger partial charge in [0.2, 0.25) is 0 Å². The van der Waals surface area contributed by atoms with Crippen LogP contribution in [0, 0.1) is 6.92 Å². The molecule has 0 saturated heterocycles. The average molecular weight is 267 g/mol. The Morgan fingerprint density at radius 2 is 2.20 bits per heavy atom. The Kier molecular flexibility index (Phi) is 2.80. The smallest absolute Gasteiger partial charge is 0.0644 e. The second-order valence-electron chi connectivity index (χ2n) is 2.08. The van der Waals surface area contributed by atoms with Crippen molar-refractivity contribution in [1.82, 2.24) is 0 Å². The minimum atomic E-state index is 0.764. The maximum absolute atomic E-state index is 5.83. The first kappa shape index (κ1) is 8.14. The van der Waals surface area contributed by atoms with E-state index in [4.69, 9.17) is 11.6 Å². The van der Waals surface area contributed by atoms with Crippen molar-refractivity contribution < 1.29 is 0 Å². The molecule has 0 spiro atoms. The van der Waals surface area contributed by atoms with E-state index in [1.165, 1.54) is 5.56 Å². The van der Waals surface area contributed by atoms with Crippen molar-refractivity contribution in [2.75, 3.05) is 3.53 Å². The van der Waals surface area contributed by atoms with Crippen LogP contribution in [0.25, 0.3) is 0 Å². The highest BCUT2D eigenvalue weighted by Crippen LogP contribution is 2.23. The molecule has 0 aliphatic heterocycles. The van der Waals surface area contributed by atoms with Gasteiger partial charge in [-0.25, -0.2) is 0 Å². The predicted molar refractivity (Wildman–Crippen MR) is 53.8 cm³/mol. The lowest BCUT2D eigenvalue weighted by atomic mass is 10.2. The van der Waals surface area contributed by atoms with Gasteiger partial charge in [0, 0.05) is 0 Å². The number of benzene rings is 1. The van der Waals surface area contributed by atoms with Gasteiger partial charge in [-0.3, -0.25) is 0 Å². The topological polar surface area (TPSA) is 12.0 Å². The van der Waals surface area contributed by atoms with Gasteiger partial charge >= 0.3 is 0 Å². The zero-order chi connectivity index (χ0) is 7.56. The van der Waals surface area contributed by atoms with Gasteiger partial charge in [0.05, 0.1) is 33.6 Å². The van der Waals surface area contributed by atoms with Gasteiger partial charge in [-0.2, -0.15) is 0 Å². The SMILES string of the molecule is Cc1ccc(Cl)c(NI)c1. The predicted octanol–water partition coefficient (Wildman–Crippen LogP) is 3.41. The summed E-state index contributed by atoms with van der Waals surface area (Å²) in [6.45, 7) is 2.04. The van der Waals surface area contributed by atoms with Crippen LogP contribution in [0.15, 0.2) is 18.2 Å². The van der Waals surface area contributed by atoms with Crippen LogP contribution in [0.3, 0.4) is 0 Å². The molecule has 1 aromatic carbocycles. The Morgan fingerprint density at radius 1 is 1.50 bits per heavy atom. The molecule has 1 nitrogen and oxygen atoms in total. The summed E-state index contributed by atoms with van der Waals surface area (Å²) in [6.07, 6.45) is 0. The van der Waals surface area contributed by atoms with Crippen LogP contribution >= 0.6 is 34.5 Å². The number of hydrogen-bond donors (Lipinski definition) is 1. The highest BCUT2D eigenvalue weighted by Gasteiger charge is 1.95. The first-order chi connectivity index (χ1) is 4.74. The second kappa shape index (κ2) is 3.44. The quantitative estimate of drug-likeness (QED) is 0.607. The number of rotatable bonds is 1. The standard InChI is InChI=1S/C7H7ClIN/c1-5-2-3-6(8)7(4-5)10-9/h2-4,10H,1H3. The number of aryl methyl sites for hydroxylation is 1. The number of halogens is 2. The first-order valence-electron chi connectivity index (χ1n) is 2.87. The zero-order valence-electron chi connectivity index (χ0n) is 5.49. The molecule has 0 bridgehead atoms. The number of anilines is 1. The monoisotopic (exact) mass is 267 g/mol. The summed E-state index contributed by atoms with van der Waals surface area (Å²) in [5, 5.41) is 0.764. The Morgan fingerprint density at radius 3 is 2.70 bits per heavy atom. The van der Waals surface area contributed by atoms with Crippen molar-refractivity contribution in [1.29, 1.82) is 0 Å². The van der Waals surface area contributed by atoms with Crippen molar-refractivity contribution in [2.24, 2.45) is 0 Å². The summed E-state index contributed by atoms with van der Waals surface area (Å²) in [6, 6.07) is 5.88. The molecule has 0 amide bonds. The van der Waals surface area contributed by atoms with Crippen molar-refractivity contribution in [3.05, 3.63) is 28.8 Å². The van der Waals surface area contributed by atoms with E-state index >= 15 is 0 Å². The van der Waals surface area contributed by atoms with Crippen molar-refractivity contribution in [3.8, 4) is 0 Å². The average Bonchev–Trinajstić information content (AvgIpc) is 1.94. The van der Waals surface area contributed by atoms with Gasteiger partial charge in [0.1, 0.15) is 0 Å². The van der Waals surface area contributed by atoms with Crippen LogP contribution in [0.5, 0.6) is 0 Å². The molecule has 1 N–H and O–H groups in total. The normalized spacial score (nSPS) is 9.50. The van der Waals surface area contributed by atoms with Gasteiger partial charge in [0.25, 0.3) is 0 Å². The van der Waals surface area contributed by atoms with Gasteiger partial charge in [0.15, 0.2) is 0 Å². The summed E-state index contributed by atoms with van der Waals surface area (Å²) in [5.41, 5.74) is 2.19. The van der Waals surface area contributed by atoms with Gasteiger partial charge < -0.3 is 3.53 Å². The van der Waals surface area contributed by atoms with E-state index in [2.05, 4.69) is 26.4 Å². The van der Waals surface area contributed by atoms with E-state index in [0.717, 1.165) is 10.7 Å². The van der Waals surface area contributed by atoms with Crippen molar-refractivity contribution >= 4 is 40.2 Å². The Balaban J connectivity index is 3.09. The second-order valence-corrected chi connectivity index (χ2v) is 3.02. The fourth-order valence-corrected chi connectivity index (χ4v) is 1.48.